The van der Waals surface area contributed by atoms with Crippen LogP contribution < -0.4 is 0 Å². The first-order valence-electron chi connectivity index (χ1n) is 5.57. The van der Waals surface area contributed by atoms with E-state index < -0.39 is 5.97 Å². The maximum atomic E-state index is 10.7. The van der Waals surface area contributed by atoms with Gasteiger partial charge in [-0.25, -0.2) is 4.79 Å². The lowest BCUT2D eigenvalue weighted by Gasteiger charge is -1.94. The highest BCUT2D eigenvalue weighted by atomic mass is 16.4. The van der Waals surface area contributed by atoms with E-state index in [1.54, 1.807) is 24.3 Å². The minimum absolute atomic E-state index is 0.274. The smallest absolute Gasteiger partial charge is 0.335 e. The third-order valence-electron chi connectivity index (χ3n) is 2.50. The van der Waals surface area contributed by atoms with Gasteiger partial charge in [-0.1, -0.05) is 24.0 Å². The maximum Gasteiger partial charge on any atom is 0.335 e. The van der Waals surface area contributed by atoms with E-state index in [0.717, 1.165) is 11.1 Å². The van der Waals surface area contributed by atoms with Gasteiger partial charge in [0, 0.05) is 11.1 Å². The Morgan fingerprint density at radius 2 is 1.67 bits per heavy atom. The van der Waals surface area contributed by atoms with Crippen LogP contribution in [0.1, 0.15) is 27.0 Å². The zero-order valence-corrected chi connectivity index (χ0v) is 9.97. The molecule has 0 heterocycles. The molecule has 0 aliphatic rings. The van der Waals surface area contributed by atoms with Crippen molar-refractivity contribution in [1.82, 2.24) is 0 Å². The summed E-state index contributed by atoms with van der Waals surface area (Å²) in [5.74, 6) is 5.14. The standard InChI is InChI=1S/C16H12O2/c1-12-3-2-4-14(11-12)6-5-13-7-9-15(10-8-13)16(17)18/h2-4,7-11H,1H3,(H,17,18). The Morgan fingerprint density at radius 3 is 2.28 bits per heavy atom. The van der Waals surface area contributed by atoms with Crippen LogP contribution in [0.15, 0.2) is 48.5 Å². The van der Waals surface area contributed by atoms with Crippen molar-refractivity contribution in [2.75, 3.05) is 0 Å². The van der Waals surface area contributed by atoms with E-state index in [1.165, 1.54) is 5.56 Å². The SMILES string of the molecule is Cc1cccc(C#Cc2ccc(C(=O)O)cc2)c1. The third-order valence-corrected chi connectivity index (χ3v) is 2.50. The molecule has 0 saturated carbocycles. The molecule has 0 radical (unpaired) electrons. The highest BCUT2D eigenvalue weighted by Gasteiger charge is 1.99. The van der Waals surface area contributed by atoms with Crippen molar-refractivity contribution in [1.29, 1.82) is 0 Å². The number of hydrogen-bond acceptors (Lipinski definition) is 1. The molecule has 0 aromatic heterocycles. The van der Waals surface area contributed by atoms with Gasteiger partial charge in [-0.05, 0) is 48.9 Å². The molecule has 0 atom stereocenters. The monoisotopic (exact) mass is 236 g/mol. The van der Waals surface area contributed by atoms with E-state index >= 15 is 0 Å². The molecule has 2 aromatic rings. The van der Waals surface area contributed by atoms with E-state index in [-0.39, 0.29) is 5.56 Å². The van der Waals surface area contributed by atoms with Gasteiger partial charge in [-0.3, -0.25) is 0 Å². The Kier molecular flexibility index (Phi) is 3.45. The van der Waals surface area contributed by atoms with E-state index in [4.69, 9.17) is 5.11 Å². The molecular weight excluding hydrogens is 224 g/mol. The molecular formula is C16H12O2. The summed E-state index contributed by atoms with van der Waals surface area (Å²) in [4.78, 5) is 10.7. The zero-order chi connectivity index (χ0) is 13.0. The van der Waals surface area contributed by atoms with Crippen molar-refractivity contribution < 1.29 is 9.90 Å². The molecule has 2 nitrogen and oxygen atoms in total. The molecule has 1 N–H and O–H groups in total. The highest BCUT2D eigenvalue weighted by molar-refractivity contribution is 5.87. The molecule has 0 aliphatic carbocycles. The average molecular weight is 236 g/mol. The normalized spacial score (nSPS) is 9.39. The van der Waals surface area contributed by atoms with E-state index in [1.807, 2.05) is 31.2 Å². The minimum atomic E-state index is -0.923. The molecule has 0 unspecified atom stereocenters. The molecule has 0 fully saturated rings. The predicted molar refractivity (Wildman–Crippen MR) is 70.6 cm³/mol. The van der Waals surface area contributed by atoms with E-state index in [2.05, 4.69) is 11.8 Å². The minimum Gasteiger partial charge on any atom is -0.478 e. The first-order valence-corrected chi connectivity index (χ1v) is 5.57. The number of rotatable bonds is 1. The Balaban J connectivity index is 2.22. The molecule has 0 bridgehead atoms. The largest absolute Gasteiger partial charge is 0.478 e. The fraction of sp³-hybridized carbons (Fsp3) is 0.0625. The molecule has 18 heavy (non-hydrogen) atoms. The van der Waals surface area contributed by atoms with Gasteiger partial charge >= 0.3 is 5.97 Å². The average Bonchev–Trinajstić information content (AvgIpc) is 2.37. The molecule has 0 saturated heterocycles. The van der Waals surface area contributed by atoms with Crippen molar-refractivity contribution in [3.8, 4) is 11.8 Å². The summed E-state index contributed by atoms with van der Waals surface area (Å²) in [6, 6.07) is 14.5. The maximum absolute atomic E-state index is 10.7. The van der Waals surface area contributed by atoms with Gasteiger partial charge in [0.2, 0.25) is 0 Å². The van der Waals surface area contributed by atoms with E-state index in [9.17, 15) is 4.79 Å². The van der Waals surface area contributed by atoms with Gasteiger partial charge in [0.25, 0.3) is 0 Å². The summed E-state index contributed by atoms with van der Waals surface area (Å²) >= 11 is 0. The lowest BCUT2D eigenvalue weighted by molar-refractivity contribution is 0.0697. The van der Waals surface area contributed by atoms with Crippen LogP contribution in [0, 0.1) is 18.8 Å². The summed E-state index contributed by atoms with van der Waals surface area (Å²) in [7, 11) is 0. The van der Waals surface area contributed by atoms with Crippen LogP contribution in [0.5, 0.6) is 0 Å². The summed E-state index contributed by atoms with van der Waals surface area (Å²) in [6.45, 7) is 2.02. The van der Waals surface area contributed by atoms with Crippen LogP contribution in [-0.4, -0.2) is 11.1 Å². The number of aromatic carboxylic acids is 1. The van der Waals surface area contributed by atoms with Gasteiger partial charge in [-0.15, -0.1) is 0 Å². The first-order chi connectivity index (χ1) is 8.65. The van der Waals surface area contributed by atoms with Crippen molar-refractivity contribution in [3.63, 3.8) is 0 Å². The first kappa shape index (κ1) is 11.9. The zero-order valence-electron chi connectivity index (χ0n) is 9.97. The Bertz CT molecular complexity index is 628. The van der Waals surface area contributed by atoms with E-state index in [0.29, 0.717) is 0 Å². The fourth-order valence-corrected chi connectivity index (χ4v) is 1.56. The van der Waals surface area contributed by atoms with Gasteiger partial charge in [0.1, 0.15) is 0 Å². The van der Waals surface area contributed by atoms with Gasteiger partial charge < -0.3 is 5.11 Å². The third kappa shape index (κ3) is 2.99. The van der Waals surface area contributed by atoms with Crippen LogP contribution in [0.2, 0.25) is 0 Å². The van der Waals surface area contributed by atoms with Gasteiger partial charge in [-0.2, -0.15) is 0 Å². The number of hydrogen-bond donors (Lipinski definition) is 1. The number of carbonyl (C=O) groups is 1. The second kappa shape index (κ2) is 5.20. The molecule has 0 spiro atoms. The predicted octanol–water partition coefficient (Wildman–Crippen LogP) is 3.09. The number of aryl methyl sites for hydroxylation is 1. The number of carboxylic acid groups (broad SMARTS) is 1. The molecule has 2 aromatic carbocycles. The van der Waals surface area contributed by atoms with Crippen LogP contribution in [-0.2, 0) is 0 Å². The molecule has 2 heteroatoms. The van der Waals surface area contributed by atoms with Crippen LogP contribution in [0.4, 0.5) is 0 Å². The van der Waals surface area contributed by atoms with Crippen molar-refractivity contribution in [2.24, 2.45) is 0 Å². The van der Waals surface area contributed by atoms with Gasteiger partial charge in [0.15, 0.2) is 0 Å². The van der Waals surface area contributed by atoms with Crippen molar-refractivity contribution in [3.05, 3.63) is 70.8 Å². The van der Waals surface area contributed by atoms with Crippen molar-refractivity contribution in [2.45, 2.75) is 6.92 Å². The highest BCUT2D eigenvalue weighted by Crippen LogP contribution is 2.05. The molecule has 0 aliphatic heterocycles. The Labute approximate surface area is 106 Å². The summed E-state index contributed by atoms with van der Waals surface area (Å²) in [6.07, 6.45) is 0. The lowest BCUT2D eigenvalue weighted by atomic mass is 10.1. The fourth-order valence-electron chi connectivity index (χ4n) is 1.56. The quantitative estimate of drug-likeness (QED) is 0.772. The molecule has 88 valence electrons. The molecule has 2 rings (SSSR count). The van der Waals surface area contributed by atoms with Gasteiger partial charge in [0.05, 0.1) is 5.56 Å². The number of carboxylic acids is 1. The second-order valence-electron chi connectivity index (χ2n) is 4.00. The summed E-state index contributed by atoms with van der Waals surface area (Å²) in [5, 5.41) is 8.78. The summed E-state index contributed by atoms with van der Waals surface area (Å²) in [5.41, 5.74) is 3.21. The second-order valence-corrected chi connectivity index (χ2v) is 4.00. The Morgan fingerprint density at radius 1 is 1.00 bits per heavy atom. The van der Waals surface area contributed by atoms with Crippen LogP contribution >= 0.6 is 0 Å². The van der Waals surface area contributed by atoms with Crippen molar-refractivity contribution >= 4 is 5.97 Å². The molecule has 0 amide bonds. The Hall–Kier alpha value is -2.53. The topological polar surface area (TPSA) is 37.3 Å². The number of benzene rings is 2. The lowest BCUT2D eigenvalue weighted by Crippen LogP contribution is -1.94. The van der Waals surface area contributed by atoms with Crippen LogP contribution in [0.25, 0.3) is 0 Å². The summed E-state index contributed by atoms with van der Waals surface area (Å²) < 4.78 is 0. The van der Waals surface area contributed by atoms with Crippen LogP contribution in [0.3, 0.4) is 0 Å².